The molecule has 0 radical (unpaired) electrons. The van der Waals surface area contributed by atoms with Crippen molar-refractivity contribution in [3.63, 3.8) is 0 Å². The fourth-order valence-corrected chi connectivity index (χ4v) is 5.03. The first-order chi connectivity index (χ1) is 14.9. The third-order valence-electron chi connectivity index (χ3n) is 5.61. The summed E-state index contributed by atoms with van der Waals surface area (Å²) >= 11 is 4.83. The number of rotatable bonds is 6. The summed E-state index contributed by atoms with van der Waals surface area (Å²) in [6.45, 7) is 1.37. The Balaban J connectivity index is 1.51. The van der Waals surface area contributed by atoms with Crippen LogP contribution in [0.3, 0.4) is 0 Å². The SMILES string of the molecule is O=C(CN1C[C@@H](O)C(O)[C@@H](O)C1)N(CC1CCCO1)c1nc(-c2ccc(Br)cc2)cs1. The molecule has 10 heteroatoms. The van der Waals surface area contributed by atoms with E-state index < -0.39 is 18.3 Å². The maximum absolute atomic E-state index is 13.2. The number of halogens is 1. The number of benzene rings is 1. The second-order valence-electron chi connectivity index (χ2n) is 7.98. The summed E-state index contributed by atoms with van der Waals surface area (Å²) in [7, 11) is 0. The summed E-state index contributed by atoms with van der Waals surface area (Å²) in [5.41, 5.74) is 1.76. The molecule has 1 aromatic heterocycles. The maximum atomic E-state index is 13.2. The van der Waals surface area contributed by atoms with Gasteiger partial charge in [0.15, 0.2) is 5.13 Å². The highest BCUT2D eigenvalue weighted by molar-refractivity contribution is 9.10. The van der Waals surface area contributed by atoms with E-state index in [9.17, 15) is 20.1 Å². The monoisotopic (exact) mass is 511 g/mol. The van der Waals surface area contributed by atoms with Crippen LogP contribution in [0, 0.1) is 0 Å². The number of β-amino-alcohol motifs (C(OH)–C–C–N with tert-alkyl or cyclic N) is 2. The molecule has 0 saturated carbocycles. The second-order valence-corrected chi connectivity index (χ2v) is 9.73. The molecular weight excluding hydrogens is 486 g/mol. The molecule has 0 spiro atoms. The first-order valence-corrected chi connectivity index (χ1v) is 12.0. The predicted molar refractivity (Wildman–Crippen MR) is 121 cm³/mol. The lowest BCUT2D eigenvalue weighted by molar-refractivity contribution is -0.128. The lowest BCUT2D eigenvalue weighted by atomic mass is 10.0. The maximum Gasteiger partial charge on any atom is 0.243 e. The smallest absolute Gasteiger partial charge is 0.243 e. The molecule has 0 aliphatic carbocycles. The number of hydrogen-bond acceptors (Lipinski definition) is 8. The fourth-order valence-electron chi connectivity index (χ4n) is 3.90. The van der Waals surface area contributed by atoms with E-state index in [0.717, 1.165) is 28.6 Å². The number of anilines is 1. The van der Waals surface area contributed by atoms with Crippen LogP contribution in [-0.4, -0.2) is 88.3 Å². The summed E-state index contributed by atoms with van der Waals surface area (Å²) in [5, 5.41) is 32.2. The van der Waals surface area contributed by atoms with Crippen molar-refractivity contribution in [2.45, 2.75) is 37.3 Å². The average molecular weight is 512 g/mol. The summed E-state index contributed by atoms with van der Waals surface area (Å²) < 4.78 is 6.73. The Hall–Kier alpha value is -1.40. The number of aromatic nitrogens is 1. The van der Waals surface area contributed by atoms with E-state index in [1.165, 1.54) is 11.3 Å². The number of nitrogens with zero attached hydrogens (tertiary/aromatic N) is 3. The van der Waals surface area contributed by atoms with Gasteiger partial charge in [0.05, 0.1) is 37.1 Å². The summed E-state index contributed by atoms with van der Waals surface area (Å²) in [6.07, 6.45) is -1.55. The van der Waals surface area contributed by atoms with Crippen LogP contribution < -0.4 is 4.90 Å². The Bertz CT molecular complexity index is 877. The van der Waals surface area contributed by atoms with Crippen molar-refractivity contribution in [1.29, 1.82) is 0 Å². The molecule has 2 saturated heterocycles. The number of aliphatic hydroxyl groups excluding tert-OH is 3. The van der Waals surface area contributed by atoms with Crippen molar-refractivity contribution >= 4 is 38.3 Å². The van der Waals surface area contributed by atoms with Crippen molar-refractivity contribution in [2.75, 3.05) is 37.7 Å². The summed E-state index contributed by atoms with van der Waals surface area (Å²) in [4.78, 5) is 21.3. The third-order valence-corrected chi connectivity index (χ3v) is 7.00. The number of amides is 1. The van der Waals surface area contributed by atoms with E-state index in [1.807, 2.05) is 29.6 Å². The molecule has 8 nitrogen and oxygen atoms in total. The van der Waals surface area contributed by atoms with E-state index in [4.69, 9.17) is 9.72 Å². The average Bonchev–Trinajstić information content (AvgIpc) is 3.43. The Kier molecular flexibility index (Phi) is 7.37. The molecule has 31 heavy (non-hydrogen) atoms. The lowest BCUT2D eigenvalue weighted by Gasteiger charge is -2.37. The molecule has 0 bridgehead atoms. The number of carbonyl (C=O) groups is 1. The highest BCUT2D eigenvalue weighted by Gasteiger charge is 2.35. The molecule has 1 aromatic carbocycles. The zero-order valence-corrected chi connectivity index (χ0v) is 19.3. The normalized spacial score (nSPS) is 26.8. The van der Waals surface area contributed by atoms with Gasteiger partial charge in [-0.25, -0.2) is 4.98 Å². The molecule has 4 rings (SSSR count). The minimum Gasteiger partial charge on any atom is -0.389 e. The van der Waals surface area contributed by atoms with E-state index in [-0.39, 0.29) is 31.6 Å². The molecule has 2 aliphatic rings. The van der Waals surface area contributed by atoms with Crippen molar-refractivity contribution in [3.05, 3.63) is 34.1 Å². The van der Waals surface area contributed by atoms with Crippen molar-refractivity contribution in [3.8, 4) is 11.3 Å². The Morgan fingerprint density at radius 3 is 2.58 bits per heavy atom. The van der Waals surface area contributed by atoms with Crippen LogP contribution in [0.1, 0.15) is 12.8 Å². The third kappa shape index (κ3) is 5.51. The zero-order chi connectivity index (χ0) is 22.0. The van der Waals surface area contributed by atoms with Gasteiger partial charge in [-0.2, -0.15) is 0 Å². The molecule has 1 amide bonds. The van der Waals surface area contributed by atoms with Gasteiger partial charge in [-0.3, -0.25) is 14.6 Å². The van der Waals surface area contributed by atoms with E-state index in [0.29, 0.717) is 18.3 Å². The summed E-state index contributed by atoms with van der Waals surface area (Å²) in [6, 6.07) is 7.84. The van der Waals surface area contributed by atoms with Crippen LogP contribution in [0.15, 0.2) is 34.1 Å². The van der Waals surface area contributed by atoms with Gasteiger partial charge in [0, 0.05) is 35.1 Å². The minimum absolute atomic E-state index is 0.0146. The fraction of sp³-hybridized carbons (Fsp3) is 0.524. The van der Waals surface area contributed by atoms with Gasteiger partial charge in [0.2, 0.25) is 5.91 Å². The van der Waals surface area contributed by atoms with Gasteiger partial charge in [0.1, 0.15) is 6.10 Å². The van der Waals surface area contributed by atoms with Crippen molar-refractivity contribution in [1.82, 2.24) is 9.88 Å². The largest absolute Gasteiger partial charge is 0.389 e. The highest BCUT2D eigenvalue weighted by Crippen LogP contribution is 2.30. The molecule has 2 unspecified atom stereocenters. The van der Waals surface area contributed by atoms with E-state index >= 15 is 0 Å². The quantitative estimate of drug-likeness (QED) is 0.539. The Labute approximate surface area is 193 Å². The molecule has 2 aromatic rings. The number of likely N-dealkylation sites (tertiary alicyclic amines) is 1. The van der Waals surface area contributed by atoms with Gasteiger partial charge in [0.25, 0.3) is 0 Å². The van der Waals surface area contributed by atoms with Gasteiger partial charge in [-0.05, 0) is 25.0 Å². The number of piperidine rings is 1. The molecule has 3 N–H and O–H groups in total. The van der Waals surface area contributed by atoms with Gasteiger partial charge in [-0.15, -0.1) is 11.3 Å². The number of thiazole rings is 1. The van der Waals surface area contributed by atoms with Crippen LogP contribution >= 0.6 is 27.3 Å². The van der Waals surface area contributed by atoms with E-state index in [2.05, 4.69) is 15.9 Å². The molecule has 168 valence electrons. The minimum atomic E-state index is -1.19. The summed E-state index contributed by atoms with van der Waals surface area (Å²) in [5.74, 6) is -0.178. The molecule has 2 fully saturated rings. The van der Waals surface area contributed by atoms with Crippen LogP contribution in [0.4, 0.5) is 5.13 Å². The molecule has 4 atom stereocenters. The Morgan fingerprint density at radius 1 is 1.23 bits per heavy atom. The Morgan fingerprint density at radius 2 is 1.94 bits per heavy atom. The standard InChI is InChI=1S/C21H26BrN3O5S/c22-14-5-3-13(4-6-14)16-12-31-21(23-16)25(8-15-2-1-7-30-15)19(28)11-24-9-17(26)20(29)18(27)10-24/h3-6,12,15,17-18,20,26-27,29H,1-2,7-11H2/t15?,17-,18+,20?. The van der Waals surface area contributed by atoms with Crippen LogP contribution in [0.2, 0.25) is 0 Å². The first-order valence-electron chi connectivity index (χ1n) is 10.3. The number of aliphatic hydroxyl groups is 3. The number of carbonyl (C=O) groups excluding carboxylic acids is 1. The second kappa shape index (κ2) is 10.0. The van der Waals surface area contributed by atoms with Crippen LogP contribution in [-0.2, 0) is 9.53 Å². The lowest BCUT2D eigenvalue weighted by Crippen LogP contribution is -2.57. The van der Waals surface area contributed by atoms with Crippen molar-refractivity contribution < 1.29 is 24.9 Å². The van der Waals surface area contributed by atoms with Crippen molar-refractivity contribution in [2.24, 2.45) is 0 Å². The van der Waals surface area contributed by atoms with Gasteiger partial charge < -0.3 is 20.1 Å². The molecule has 3 heterocycles. The zero-order valence-electron chi connectivity index (χ0n) is 16.9. The van der Waals surface area contributed by atoms with Crippen LogP contribution in [0.25, 0.3) is 11.3 Å². The number of ether oxygens (including phenoxy) is 1. The predicted octanol–water partition coefficient (Wildman–Crippen LogP) is 1.48. The molecule has 2 aliphatic heterocycles. The topological polar surface area (TPSA) is 106 Å². The van der Waals surface area contributed by atoms with Crippen LogP contribution in [0.5, 0.6) is 0 Å². The van der Waals surface area contributed by atoms with E-state index in [1.54, 1.807) is 9.80 Å². The first kappa shape index (κ1) is 22.8. The number of hydrogen-bond donors (Lipinski definition) is 3. The highest BCUT2D eigenvalue weighted by atomic mass is 79.9. The van der Waals surface area contributed by atoms with Gasteiger partial charge >= 0.3 is 0 Å². The molecular formula is C21H26BrN3O5S. The van der Waals surface area contributed by atoms with Gasteiger partial charge in [-0.1, -0.05) is 28.1 Å².